The van der Waals surface area contributed by atoms with E-state index in [9.17, 15) is 0 Å². The number of rotatable bonds is 17. The average molecular weight is 381 g/mol. The fourth-order valence-corrected chi connectivity index (χ4v) is 10.6. The topological polar surface area (TPSA) is 46.2 Å². The molecule has 0 unspecified atom stereocenters. The molecule has 0 saturated heterocycles. The summed E-state index contributed by atoms with van der Waals surface area (Å²) in [5.41, 5.74) is 0.667. The first-order valence-electron chi connectivity index (χ1n) is 9.71. The fraction of sp³-hybridized carbons (Fsp3) is 1.00. The predicted molar refractivity (Wildman–Crippen MR) is 103 cm³/mol. The standard InChI is InChI=1S/C17H40O5Si2/c1-7-12-18-23(6,19-13-8-2)17-24(20-14-9-3,21-15-10-4)22-16-11-5/h7-17H2,1-6H3. The number of hydrogen-bond donors (Lipinski definition) is 0. The normalized spacial score (nSPS) is 12.8. The summed E-state index contributed by atoms with van der Waals surface area (Å²) < 4.78 is 31.0. The van der Waals surface area contributed by atoms with Gasteiger partial charge in [0.1, 0.15) is 0 Å². The zero-order chi connectivity index (χ0) is 18.3. The van der Waals surface area contributed by atoms with Gasteiger partial charge in [-0.25, -0.2) is 0 Å². The summed E-state index contributed by atoms with van der Waals surface area (Å²) in [6, 6.07) is 0. The van der Waals surface area contributed by atoms with Gasteiger partial charge >= 0.3 is 17.4 Å². The highest BCUT2D eigenvalue weighted by atomic mass is 28.4. The van der Waals surface area contributed by atoms with Gasteiger partial charge in [0.15, 0.2) is 0 Å². The summed E-state index contributed by atoms with van der Waals surface area (Å²) >= 11 is 0. The van der Waals surface area contributed by atoms with E-state index in [2.05, 4.69) is 41.2 Å². The minimum absolute atomic E-state index is 0.658. The second kappa shape index (κ2) is 14.4. The van der Waals surface area contributed by atoms with Crippen molar-refractivity contribution in [2.45, 2.75) is 78.9 Å². The lowest BCUT2D eigenvalue weighted by Gasteiger charge is -2.36. The van der Waals surface area contributed by atoms with Crippen molar-refractivity contribution in [3.05, 3.63) is 0 Å². The van der Waals surface area contributed by atoms with Gasteiger partial charge in [-0.3, -0.25) is 0 Å². The number of hydrogen-bond acceptors (Lipinski definition) is 5. The molecule has 0 aliphatic heterocycles. The quantitative estimate of drug-likeness (QED) is 0.343. The summed E-state index contributed by atoms with van der Waals surface area (Å²) in [6.45, 7) is 16.1. The largest absolute Gasteiger partial charge is 0.502 e. The van der Waals surface area contributed by atoms with Crippen molar-refractivity contribution in [2.75, 3.05) is 33.0 Å². The van der Waals surface area contributed by atoms with E-state index in [-0.39, 0.29) is 0 Å². The maximum atomic E-state index is 6.21. The van der Waals surface area contributed by atoms with E-state index in [1.807, 2.05) is 0 Å². The Kier molecular flexibility index (Phi) is 14.5. The molecule has 0 rings (SSSR count). The van der Waals surface area contributed by atoms with Crippen molar-refractivity contribution < 1.29 is 22.1 Å². The minimum Gasteiger partial charge on any atom is -0.394 e. The molecule has 0 aromatic heterocycles. The van der Waals surface area contributed by atoms with Gasteiger partial charge in [0.25, 0.3) is 0 Å². The van der Waals surface area contributed by atoms with Crippen LogP contribution >= 0.6 is 0 Å². The van der Waals surface area contributed by atoms with Gasteiger partial charge in [0.2, 0.25) is 0 Å². The maximum absolute atomic E-state index is 6.21. The van der Waals surface area contributed by atoms with Gasteiger partial charge in [-0.1, -0.05) is 34.6 Å². The van der Waals surface area contributed by atoms with Gasteiger partial charge in [-0.05, 0) is 38.7 Å². The summed E-state index contributed by atoms with van der Waals surface area (Å²) in [4.78, 5) is 0. The van der Waals surface area contributed by atoms with E-state index < -0.39 is 17.4 Å². The summed E-state index contributed by atoms with van der Waals surface area (Å²) in [7, 11) is -5.17. The van der Waals surface area contributed by atoms with E-state index >= 15 is 0 Å². The SMILES string of the molecule is CCCO[Si](C)(C[Si](OCCC)(OCCC)OCCC)OCCC. The molecule has 24 heavy (non-hydrogen) atoms. The zero-order valence-corrected chi connectivity index (χ0v) is 18.8. The zero-order valence-electron chi connectivity index (χ0n) is 16.8. The molecular formula is C17H40O5Si2. The lowest BCUT2D eigenvalue weighted by Crippen LogP contribution is -2.56. The molecule has 0 fully saturated rings. The highest BCUT2D eigenvalue weighted by molar-refractivity contribution is 6.82. The first-order valence-corrected chi connectivity index (χ1v) is 14.2. The Morgan fingerprint density at radius 2 is 0.792 bits per heavy atom. The third-order valence-corrected chi connectivity index (χ3v) is 11.2. The smallest absolute Gasteiger partial charge is 0.394 e. The van der Waals surface area contributed by atoms with Crippen LogP contribution in [0, 0.1) is 0 Å². The van der Waals surface area contributed by atoms with Gasteiger partial charge in [0, 0.05) is 33.0 Å². The Labute approximate surface area is 152 Å². The molecule has 0 aliphatic carbocycles. The maximum Gasteiger partial charge on any atom is 0.502 e. The predicted octanol–water partition coefficient (Wildman–Crippen LogP) is 4.67. The molecule has 0 saturated carbocycles. The third-order valence-electron chi connectivity index (χ3n) is 3.34. The van der Waals surface area contributed by atoms with Crippen LogP contribution in [0.4, 0.5) is 0 Å². The highest BCUT2D eigenvalue weighted by Crippen LogP contribution is 2.26. The van der Waals surface area contributed by atoms with Crippen LogP contribution in [0.5, 0.6) is 0 Å². The molecule has 0 aliphatic rings. The Morgan fingerprint density at radius 1 is 0.500 bits per heavy atom. The second-order valence-electron chi connectivity index (χ2n) is 6.24. The van der Waals surface area contributed by atoms with Crippen LogP contribution < -0.4 is 0 Å². The van der Waals surface area contributed by atoms with Crippen molar-refractivity contribution in [3.63, 3.8) is 0 Å². The Bertz CT molecular complexity index is 262. The van der Waals surface area contributed by atoms with E-state index in [0.717, 1.165) is 32.1 Å². The molecule has 0 bridgehead atoms. The fourth-order valence-electron chi connectivity index (χ4n) is 2.22. The summed E-state index contributed by atoms with van der Waals surface area (Å²) in [5, 5.41) is 0. The Morgan fingerprint density at radius 3 is 1.08 bits per heavy atom. The average Bonchev–Trinajstić information content (AvgIpc) is 2.59. The van der Waals surface area contributed by atoms with Crippen LogP contribution in [-0.2, 0) is 22.1 Å². The molecule has 0 radical (unpaired) electrons. The molecule has 0 aromatic carbocycles. The summed E-state index contributed by atoms with van der Waals surface area (Å²) in [5.74, 6) is 0. The highest BCUT2D eigenvalue weighted by Gasteiger charge is 2.51. The molecule has 0 atom stereocenters. The van der Waals surface area contributed by atoms with E-state index in [1.165, 1.54) is 0 Å². The van der Waals surface area contributed by atoms with Crippen molar-refractivity contribution in [1.82, 2.24) is 0 Å². The van der Waals surface area contributed by atoms with Crippen molar-refractivity contribution in [3.8, 4) is 0 Å². The molecule has 0 N–H and O–H groups in total. The lowest BCUT2D eigenvalue weighted by atomic mass is 10.5. The van der Waals surface area contributed by atoms with Crippen molar-refractivity contribution in [2.24, 2.45) is 0 Å². The van der Waals surface area contributed by atoms with E-state index in [1.54, 1.807) is 0 Å². The van der Waals surface area contributed by atoms with E-state index in [0.29, 0.717) is 38.7 Å². The van der Waals surface area contributed by atoms with Crippen LogP contribution in [0.2, 0.25) is 12.2 Å². The lowest BCUT2D eigenvalue weighted by molar-refractivity contribution is 0.0584. The van der Waals surface area contributed by atoms with Crippen LogP contribution in [0.25, 0.3) is 0 Å². The van der Waals surface area contributed by atoms with E-state index in [4.69, 9.17) is 22.1 Å². The first kappa shape index (κ1) is 24.2. The van der Waals surface area contributed by atoms with Crippen LogP contribution in [0.15, 0.2) is 0 Å². The Hall–Kier alpha value is 0.234. The minimum atomic E-state index is -2.78. The van der Waals surface area contributed by atoms with Crippen LogP contribution in [0.1, 0.15) is 66.7 Å². The first-order chi connectivity index (χ1) is 11.5. The van der Waals surface area contributed by atoms with Gasteiger partial charge in [-0.2, -0.15) is 0 Å². The van der Waals surface area contributed by atoms with Crippen molar-refractivity contribution in [1.29, 1.82) is 0 Å². The molecule has 0 amide bonds. The second-order valence-corrected chi connectivity index (χ2v) is 12.7. The molecular weight excluding hydrogens is 340 g/mol. The van der Waals surface area contributed by atoms with Gasteiger partial charge in [-0.15, -0.1) is 0 Å². The van der Waals surface area contributed by atoms with Crippen LogP contribution in [0.3, 0.4) is 0 Å². The monoisotopic (exact) mass is 380 g/mol. The van der Waals surface area contributed by atoms with Gasteiger partial charge in [0.05, 0.1) is 5.67 Å². The molecule has 0 spiro atoms. The Balaban J connectivity index is 5.25. The van der Waals surface area contributed by atoms with Crippen LogP contribution in [-0.4, -0.2) is 50.4 Å². The third kappa shape index (κ3) is 10.3. The van der Waals surface area contributed by atoms with Gasteiger partial charge < -0.3 is 22.1 Å². The molecule has 0 heterocycles. The molecule has 0 aromatic rings. The summed E-state index contributed by atoms with van der Waals surface area (Å²) in [6.07, 6.45) is 4.80. The molecule has 7 heteroatoms. The van der Waals surface area contributed by atoms with Crippen molar-refractivity contribution >= 4 is 17.4 Å². The molecule has 5 nitrogen and oxygen atoms in total. The molecule has 146 valence electrons.